The fraction of sp³-hybridized carbons (Fsp3) is 0.429. The van der Waals surface area contributed by atoms with Crippen LogP contribution in [0.3, 0.4) is 0 Å². The van der Waals surface area contributed by atoms with Crippen LogP contribution >= 0.6 is 0 Å². The van der Waals surface area contributed by atoms with Crippen LogP contribution in [0.2, 0.25) is 0 Å². The van der Waals surface area contributed by atoms with E-state index in [0.29, 0.717) is 6.54 Å². The molecule has 0 N–H and O–H groups in total. The van der Waals surface area contributed by atoms with Crippen LogP contribution in [-0.2, 0) is 11.3 Å². The number of hydrogen-bond donors (Lipinski definition) is 0. The van der Waals surface area contributed by atoms with Crippen LogP contribution < -0.4 is 0 Å². The fourth-order valence-corrected chi connectivity index (χ4v) is 2.01. The van der Waals surface area contributed by atoms with Crippen molar-refractivity contribution in [2.45, 2.75) is 26.8 Å². The third kappa shape index (κ3) is 2.23. The van der Waals surface area contributed by atoms with Crippen molar-refractivity contribution >= 4 is 11.7 Å². The number of hydrogen-bond acceptors (Lipinski definition) is 2. The maximum absolute atomic E-state index is 12.0. The summed E-state index contributed by atoms with van der Waals surface area (Å²) in [5.41, 5.74) is 1.76. The van der Waals surface area contributed by atoms with E-state index in [4.69, 9.17) is 0 Å². The molecule has 0 saturated carbocycles. The Morgan fingerprint density at radius 1 is 1.41 bits per heavy atom. The molecule has 0 radical (unpaired) electrons. The second-order valence-electron chi connectivity index (χ2n) is 4.59. The van der Waals surface area contributed by atoms with Gasteiger partial charge in [0.1, 0.15) is 0 Å². The SMILES string of the molecule is CCC(C)C(=O)CN1Cc2ccccc2C1=O. The number of carbonyl (C=O) groups excluding carboxylic acids is 2. The molecule has 1 aliphatic heterocycles. The Labute approximate surface area is 101 Å². The maximum Gasteiger partial charge on any atom is 0.254 e. The summed E-state index contributed by atoms with van der Waals surface area (Å²) in [5, 5.41) is 0. The van der Waals surface area contributed by atoms with Crippen molar-refractivity contribution < 1.29 is 9.59 Å². The molecule has 1 aromatic carbocycles. The molecule has 1 aliphatic rings. The van der Waals surface area contributed by atoms with Crippen LogP contribution in [0.25, 0.3) is 0 Å². The fourth-order valence-electron chi connectivity index (χ4n) is 2.01. The molecule has 0 spiro atoms. The zero-order chi connectivity index (χ0) is 12.4. The molecule has 0 aliphatic carbocycles. The second-order valence-corrected chi connectivity index (χ2v) is 4.59. The van der Waals surface area contributed by atoms with Gasteiger partial charge < -0.3 is 4.90 Å². The molecule has 0 aromatic heterocycles. The lowest BCUT2D eigenvalue weighted by Gasteiger charge is -2.16. The second kappa shape index (κ2) is 4.70. The molecule has 0 bridgehead atoms. The molecular weight excluding hydrogens is 214 g/mol. The highest BCUT2D eigenvalue weighted by Crippen LogP contribution is 2.22. The number of carbonyl (C=O) groups is 2. The standard InChI is InChI=1S/C14H17NO2/c1-3-10(2)13(16)9-15-8-11-6-4-5-7-12(11)14(15)17/h4-7,10H,3,8-9H2,1-2H3. The average molecular weight is 231 g/mol. The third-order valence-corrected chi connectivity index (χ3v) is 3.40. The molecule has 1 atom stereocenters. The minimum Gasteiger partial charge on any atom is -0.327 e. The van der Waals surface area contributed by atoms with Gasteiger partial charge in [0.2, 0.25) is 0 Å². The van der Waals surface area contributed by atoms with Gasteiger partial charge in [0.05, 0.1) is 6.54 Å². The number of fused-ring (bicyclic) bond motifs is 1. The van der Waals surface area contributed by atoms with Gasteiger partial charge >= 0.3 is 0 Å². The summed E-state index contributed by atoms with van der Waals surface area (Å²) >= 11 is 0. The lowest BCUT2D eigenvalue weighted by molar-refractivity contribution is -0.123. The highest BCUT2D eigenvalue weighted by Gasteiger charge is 2.28. The van der Waals surface area contributed by atoms with E-state index >= 15 is 0 Å². The van der Waals surface area contributed by atoms with Crippen LogP contribution in [0, 0.1) is 5.92 Å². The first-order chi connectivity index (χ1) is 8.13. The molecular formula is C14H17NO2. The molecule has 3 heteroatoms. The van der Waals surface area contributed by atoms with Crippen molar-refractivity contribution in [2.24, 2.45) is 5.92 Å². The van der Waals surface area contributed by atoms with Crippen LogP contribution in [0.15, 0.2) is 24.3 Å². The predicted molar refractivity (Wildman–Crippen MR) is 65.6 cm³/mol. The van der Waals surface area contributed by atoms with E-state index in [9.17, 15) is 9.59 Å². The van der Waals surface area contributed by atoms with Crippen LogP contribution in [0.1, 0.15) is 36.2 Å². The Hall–Kier alpha value is -1.64. The molecule has 1 amide bonds. The highest BCUT2D eigenvalue weighted by atomic mass is 16.2. The van der Waals surface area contributed by atoms with E-state index in [-0.39, 0.29) is 24.2 Å². The summed E-state index contributed by atoms with van der Waals surface area (Å²) in [6.45, 7) is 4.71. The number of ketones is 1. The average Bonchev–Trinajstić information content (AvgIpc) is 2.66. The third-order valence-electron chi connectivity index (χ3n) is 3.40. The van der Waals surface area contributed by atoms with Crippen molar-refractivity contribution in [2.75, 3.05) is 6.54 Å². The van der Waals surface area contributed by atoms with E-state index in [2.05, 4.69) is 0 Å². The van der Waals surface area contributed by atoms with Gasteiger partial charge in [-0.05, 0) is 18.1 Å². The van der Waals surface area contributed by atoms with Gasteiger partial charge in [0, 0.05) is 18.0 Å². The quantitative estimate of drug-likeness (QED) is 0.797. The normalized spacial score (nSPS) is 15.9. The smallest absolute Gasteiger partial charge is 0.254 e. The minimum atomic E-state index is -0.0164. The minimum absolute atomic E-state index is 0.0164. The summed E-state index contributed by atoms with van der Waals surface area (Å²) in [4.78, 5) is 25.5. The molecule has 1 heterocycles. The monoisotopic (exact) mass is 231 g/mol. The largest absolute Gasteiger partial charge is 0.327 e. The molecule has 3 nitrogen and oxygen atoms in total. The van der Waals surface area contributed by atoms with E-state index in [1.54, 1.807) is 4.90 Å². The molecule has 0 fully saturated rings. The number of rotatable bonds is 4. The lowest BCUT2D eigenvalue weighted by atomic mass is 10.0. The van der Waals surface area contributed by atoms with Crippen molar-refractivity contribution in [1.29, 1.82) is 0 Å². The first-order valence-electron chi connectivity index (χ1n) is 6.03. The zero-order valence-electron chi connectivity index (χ0n) is 10.3. The highest BCUT2D eigenvalue weighted by molar-refractivity contribution is 6.00. The molecule has 1 aromatic rings. The van der Waals surface area contributed by atoms with Crippen molar-refractivity contribution in [3.8, 4) is 0 Å². The molecule has 0 saturated heterocycles. The van der Waals surface area contributed by atoms with Gasteiger partial charge in [-0.3, -0.25) is 9.59 Å². The van der Waals surface area contributed by atoms with E-state index in [0.717, 1.165) is 17.5 Å². The summed E-state index contributed by atoms with van der Waals surface area (Å²) in [5.74, 6) is 0.164. The van der Waals surface area contributed by atoms with Crippen LogP contribution in [0.4, 0.5) is 0 Å². The van der Waals surface area contributed by atoms with Gasteiger partial charge in [-0.1, -0.05) is 32.0 Å². The Morgan fingerprint density at radius 2 is 2.12 bits per heavy atom. The molecule has 2 rings (SSSR count). The topological polar surface area (TPSA) is 37.4 Å². The van der Waals surface area contributed by atoms with Gasteiger partial charge in [-0.25, -0.2) is 0 Å². The summed E-state index contributed by atoms with van der Waals surface area (Å²) in [6.07, 6.45) is 0.827. The van der Waals surface area contributed by atoms with Crippen molar-refractivity contribution in [3.63, 3.8) is 0 Å². The molecule has 1 unspecified atom stereocenters. The van der Waals surface area contributed by atoms with Crippen LogP contribution in [0.5, 0.6) is 0 Å². The van der Waals surface area contributed by atoms with Gasteiger partial charge in [0.15, 0.2) is 5.78 Å². The summed E-state index contributed by atoms with van der Waals surface area (Å²) < 4.78 is 0. The van der Waals surface area contributed by atoms with Crippen molar-refractivity contribution in [3.05, 3.63) is 35.4 Å². The number of nitrogens with zero attached hydrogens (tertiary/aromatic N) is 1. The number of amides is 1. The zero-order valence-corrected chi connectivity index (χ0v) is 10.3. The van der Waals surface area contributed by atoms with Gasteiger partial charge in [0.25, 0.3) is 5.91 Å². The summed E-state index contributed by atoms with van der Waals surface area (Å²) in [7, 11) is 0. The van der Waals surface area contributed by atoms with E-state index < -0.39 is 0 Å². The maximum atomic E-state index is 12.0. The number of Topliss-reactive ketones (excluding diaryl/α,β-unsaturated/α-hetero) is 1. The van der Waals surface area contributed by atoms with Gasteiger partial charge in [-0.15, -0.1) is 0 Å². The Morgan fingerprint density at radius 3 is 2.76 bits per heavy atom. The van der Waals surface area contributed by atoms with Crippen LogP contribution in [-0.4, -0.2) is 23.1 Å². The summed E-state index contributed by atoms with van der Waals surface area (Å²) in [6, 6.07) is 7.55. The Bertz CT molecular complexity index is 453. The first kappa shape index (κ1) is 11.8. The number of benzene rings is 1. The molecule has 90 valence electrons. The van der Waals surface area contributed by atoms with Gasteiger partial charge in [-0.2, -0.15) is 0 Å². The Balaban J connectivity index is 2.08. The van der Waals surface area contributed by atoms with Crippen molar-refractivity contribution in [1.82, 2.24) is 4.90 Å². The first-order valence-corrected chi connectivity index (χ1v) is 6.03. The predicted octanol–water partition coefficient (Wildman–Crippen LogP) is 2.26. The lowest BCUT2D eigenvalue weighted by Crippen LogP contribution is -2.32. The van der Waals surface area contributed by atoms with E-state index in [1.165, 1.54) is 0 Å². The molecule has 17 heavy (non-hydrogen) atoms. The Kier molecular flexibility index (Phi) is 3.27. The van der Waals surface area contributed by atoms with E-state index in [1.807, 2.05) is 38.1 Å².